The van der Waals surface area contributed by atoms with Crippen LogP contribution in [-0.2, 0) is 14.2 Å². The van der Waals surface area contributed by atoms with E-state index < -0.39 is 0 Å². The van der Waals surface area contributed by atoms with E-state index in [0.29, 0.717) is 39.6 Å². The summed E-state index contributed by atoms with van der Waals surface area (Å²) in [6, 6.07) is 12.3. The Hall–Kier alpha value is -2.08. The largest absolute Gasteiger partial charge is 0.491 e. The molecule has 0 aliphatic carbocycles. The topological polar surface area (TPSA) is 46.2 Å². The summed E-state index contributed by atoms with van der Waals surface area (Å²) in [7, 11) is 3.33. The van der Waals surface area contributed by atoms with Crippen LogP contribution in [0.5, 0.6) is 11.5 Å². The maximum Gasteiger partial charge on any atom is 0.120 e. The van der Waals surface area contributed by atoms with Gasteiger partial charge < -0.3 is 23.7 Å². The van der Waals surface area contributed by atoms with Gasteiger partial charge in [0, 0.05) is 14.2 Å². The zero-order valence-electron chi connectivity index (χ0n) is 16.7. The number of methoxy groups -OCH3 is 2. The molecule has 2 aromatic rings. The highest BCUT2D eigenvalue weighted by molar-refractivity contribution is 5.73. The maximum absolute atomic E-state index is 5.84. The van der Waals surface area contributed by atoms with Crippen LogP contribution in [0.2, 0.25) is 0 Å². The van der Waals surface area contributed by atoms with Gasteiger partial charge in [0.25, 0.3) is 0 Å². The first-order valence-corrected chi connectivity index (χ1v) is 9.18. The lowest BCUT2D eigenvalue weighted by atomic mass is 9.96. The van der Waals surface area contributed by atoms with E-state index >= 15 is 0 Å². The molecule has 2 aromatic carbocycles. The van der Waals surface area contributed by atoms with E-state index in [2.05, 4.69) is 38.1 Å². The highest BCUT2D eigenvalue weighted by Crippen LogP contribution is 2.32. The van der Waals surface area contributed by atoms with Gasteiger partial charge in [-0.3, -0.25) is 0 Å². The number of aryl methyl sites for hydroxylation is 2. The molecule has 0 aromatic heterocycles. The first-order valence-electron chi connectivity index (χ1n) is 9.18. The number of benzene rings is 2. The number of ether oxygens (including phenoxy) is 5. The minimum absolute atomic E-state index is 0.505. The minimum atomic E-state index is 0.505. The summed E-state index contributed by atoms with van der Waals surface area (Å²) in [6.45, 7) is 7.52. The van der Waals surface area contributed by atoms with Crippen molar-refractivity contribution in [1.82, 2.24) is 0 Å². The molecule has 0 saturated heterocycles. The molecule has 0 aliphatic heterocycles. The predicted molar refractivity (Wildman–Crippen MR) is 107 cm³/mol. The normalized spacial score (nSPS) is 10.8. The minimum Gasteiger partial charge on any atom is -0.491 e. The van der Waals surface area contributed by atoms with Gasteiger partial charge in [-0.15, -0.1) is 0 Å². The summed E-state index contributed by atoms with van der Waals surface area (Å²) >= 11 is 0. The van der Waals surface area contributed by atoms with Crippen molar-refractivity contribution >= 4 is 0 Å². The SMILES string of the molecule is COCCOCCOc1ccc(C)c(-c2cc(OCCOC)ccc2C)c1. The Balaban J connectivity index is 2.07. The third kappa shape index (κ3) is 6.86. The second-order valence-electron chi connectivity index (χ2n) is 6.25. The smallest absolute Gasteiger partial charge is 0.120 e. The van der Waals surface area contributed by atoms with E-state index in [9.17, 15) is 0 Å². The van der Waals surface area contributed by atoms with Crippen molar-refractivity contribution in [3.63, 3.8) is 0 Å². The molecule has 0 fully saturated rings. The summed E-state index contributed by atoms with van der Waals surface area (Å²) in [4.78, 5) is 0. The molecule has 0 bridgehead atoms. The van der Waals surface area contributed by atoms with Crippen LogP contribution in [0.1, 0.15) is 11.1 Å². The first kappa shape index (κ1) is 21.2. The molecule has 0 atom stereocenters. The van der Waals surface area contributed by atoms with Gasteiger partial charge in [-0.25, -0.2) is 0 Å². The standard InChI is InChI=1S/C22H30O5/c1-17-5-7-19(26-13-10-24-4)15-21(17)22-16-20(8-6-18(22)2)27-14-12-25-11-9-23-3/h5-8,15-16H,9-14H2,1-4H3. The van der Waals surface area contributed by atoms with Gasteiger partial charge in [-0.05, 0) is 60.4 Å². The van der Waals surface area contributed by atoms with Crippen molar-refractivity contribution in [2.24, 2.45) is 0 Å². The van der Waals surface area contributed by atoms with Gasteiger partial charge in [-0.1, -0.05) is 12.1 Å². The molecule has 0 amide bonds. The van der Waals surface area contributed by atoms with Crippen LogP contribution < -0.4 is 9.47 Å². The average molecular weight is 374 g/mol. The van der Waals surface area contributed by atoms with Crippen LogP contribution in [0.3, 0.4) is 0 Å². The van der Waals surface area contributed by atoms with E-state index in [1.54, 1.807) is 14.2 Å². The van der Waals surface area contributed by atoms with E-state index in [4.69, 9.17) is 23.7 Å². The molecule has 0 heterocycles. The second-order valence-corrected chi connectivity index (χ2v) is 6.25. The molecule has 5 heteroatoms. The lowest BCUT2D eigenvalue weighted by Gasteiger charge is -2.14. The Labute approximate surface area is 162 Å². The van der Waals surface area contributed by atoms with Crippen LogP contribution in [0.15, 0.2) is 36.4 Å². The van der Waals surface area contributed by atoms with Crippen molar-refractivity contribution in [3.8, 4) is 22.6 Å². The fourth-order valence-corrected chi connectivity index (χ4v) is 2.67. The molecule has 2 rings (SSSR count). The Morgan fingerprint density at radius 2 is 1.04 bits per heavy atom. The summed E-state index contributed by atoms with van der Waals surface area (Å²) < 4.78 is 27.0. The van der Waals surface area contributed by atoms with Crippen LogP contribution >= 0.6 is 0 Å². The van der Waals surface area contributed by atoms with Crippen LogP contribution in [-0.4, -0.2) is 53.9 Å². The third-order valence-corrected chi connectivity index (χ3v) is 4.19. The van der Waals surface area contributed by atoms with E-state index in [-0.39, 0.29) is 0 Å². The molecular weight excluding hydrogens is 344 g/mol. The highest BCUT2D eigenvalue weighted by Gasteiger charge is 2.09. The third-order valence-electron chi connectivity index (χ3n) is 4.19. The summed E-state index contributed by atoms with van der Waals surface area (Å²) in [5, 5.41) is 0. The van der Waals surface area contributed by atoms with Crippen LogP contribution in [0.25, 0.3) is 11.1 Å². The van der Waals surface area contributed by atoms with Crippen molar-refractivity contribution in [1.29, 1.82) is 0 Å². The quantitative estimate of drug-likeness (QED) is 0.525. The Bertz CT molecular complexity index is 699. The molecule has 0 N–H and O–H groups in total. The monoisotopic (exact) mass is 374 g/mol. The van der Waals surface area contributed by atoms with Crippen LogP contribution in [0, 0.1) is 13.8 Å². The Morgan fingerprint density at radius 1 is 0.593 bits per heavy atom. The van der Waals surface area contributed by atoms with Crippen LogP contribution in [0.4, 0.5) is 0 Å². The number of rotatable bonds is 12. The van der Waals surface area contributed by atoms with Gasteiger partial charge in [0.1, 0.15) is 24.7 Å². The number of hydrogen-bond acceptors (Lipinski definition) is 5. The van der Waals surface area contributed by atoms with Crippen molar-refractivity contribution in [2.75, 3.05) is 53.9 Å². The van der Waals surface area contributed by atoms with Crippen molar-refractivity contribution in [2.45, 2.75) is 13.8 Å². The van der Waals surface area contributed by atoms with E-state index in [1.807, 2.05) is 12.1 Å². The molecule has 0 unspecified atom stereocenters. The van der Waals surface area contributed by atoms with Gasteiger partial charge in [0.15, 0.2) is 0 Å². The maximum atomic E-state index is 5.84. The van der Waals surface area contributed by atoms with E-state index in [0.717, 1.165) is 22.6 Å². The number of hydrogen-bond donors (Lipinski definition) is 0. The lowest BCUT2D eigenvalue weighted by molar-refractivity contribution is 0.0544. The zero-order valence-corrected chi connectivity index (χ0v) is 16.7. The average Bonchev–Trinajstić information content (AvgIpc) is 2.67. The molecule has 0 radical (unpaired) electrons. The van der Waals surface area contributed by atoms with Gasteiger partial charge in [0.05, 0.1) is 26.4 Å². The second kappa shape index (κ2) is 11.6. The molecule has 0 aliphatic rings. The Morgan fingerprint density at radius 3 is 1.56 bits per heavy atom. The van der Waals surface area contributed by atoms with Gasteiger partial charge in [0.2, 0.25) is 0 Å². The zero-order chi connectivity index (χ0) is 19.5. The Kier molecular flexibility index (Phi) is 9.11. The molecular formula is C22H30O5. The summed E-state index contributed by atoms with van der Waals surface area (Å²) in [6.07, 6.45) is 0. The van der Waals surface area contributed by atoms with Gasteiger partial charge in [-0.2, -0.15) is 0 Å². The molecule has 148 valence electrons. The van der Waals surface area contributed by atoms with Crippen molar-refractivity contribution in [3.05, 3.63) is 47.5 Å². The summed E-state index contributed by atoms with van der Waals surface area (Å²) in [5.41, 5.74) is 4.67. The van der Waals surface area contributed by atoms with Gasteiger partial charge >= 0.3 is 0 Å². The molecule has 0 saturated carbocycles. The first-order chi connectivity index (χ1) is 13.2. The van der Waals surface area contributed by atoms with Crippen molar-refractivity contribution < 1.29 is 23.7 Å². The highest BCUT2D eigenvalue weighted by atomic mass is 16.5. The predicted octanol–water partition coefficient (Wildman–Crippen LogP) is 4.04. The summed E-state index contributed by atoms with van der Waals surface area (Å²) in [5.74, 6) is 1.67. The lowest BCUT2D eigenvalue weighted by Crippen LogP contribution is -2.10. The fraction of sp³-hybridized carbons (Fsp3) is 0.455. The molecule has 27 heavy (non-hydrogen) atoms. The van der Waals surface area contributed by atoms with E-state index in [1.165, 1.54) is 11.1 Å². The molecule has 0 spiro atoms. The molecule has 5 nitrogen and oxygen atoms in total. The fourth-order valence-electron chi connectivity index (χ4n) is 2.67.